The number of hydrogen-bond acceptors (Lipinski definition) is 7. The molecule has 0 aliphatic carbocycles. The number of carbonyl (C=O) groups excluding carboxylic acids is 1. The lowest BCUT2D eigenvalue weighted by molar-refractivity contribution is 0.102. The SMILES string of the molecule is CC(=O)c1cc2ncnc(N3CCC(CCNS(C)(=O)=O)CC3)c2s1. The molecule has 0 saturated carbocycles. The zero-order valence-corrected chi connectivity index (χ0v) is 16.0. The van der Waals surface area contributed by atoms with Crippen molar-refractivity contribution >= 4 is 43.2 Å². The molecule has 0 radical (unpaired) electrons. The van der Waals surface area contributed by atoms with Gasteiger partial charge in [-0.05, 0) is 38.2 Å². The molecule has 3 heterocycles. The van der Waals surface area contributed by atoms with E-state index in [0.29, 0.717) is 17.3 Å². The number of aromatic nitrogens is 2. The summed E-state index contributed by atoms with van der Waals surface area (Å²) >= 11 is 1.45. The molecule has 0 atom stereocenters. The molecule has 3 rings (SSSR count). The van der Waals surface area contributed by atoms with Crippen LogP contribution >= 0.6 is 11.3 Å². The maximum atomic E-state index is 11.6. The lowest BCUT2D eigenvalue weighted by atomic mass is 9.94. The van der Waals surface area contributed by atoms with E-state index in [0.717, 1.165) is 48.4 Å². The fourth-order valence-electron chi connectivity index (χ4n) is 3.12. The van der Waals surface area contributed by atoms with Crippen molar-refractivity contribution < 1.29 is 13.2 Å². The highest BCUT2D eigenvalue weighted by Crippen LogP contribution is 2.33. The molecule has 1 saturated heterocycles. The molecule has 0 amide bonds. The van der Waals surface area contributed by atoms with E-state index in [2.05, 4.69) is 19.6 Å². The van der Waals surface area contributed by atoms with Crippen LogP contribution in [0, 0.1) is 5.92 Å². The van der Waals surface area contributed by atoms with Crippen LogP contribution in [0.3, 0.4) is 0 Å². The summed E-state index contributed by atoms with van der Waals surface area (Å²) in [7, 11) is -3.11. The second-order valence-corrected chi connectivity index (χ2v) is 9.35. The number of nitrogens with one attached hydrogen (secondary N) is 1. The van der Waals surface area contributed by atoms with Gasteiger partial charge in [0.15, 0.2) is 5.78 Å². The predicted molar refractivity (Wildman–Crippen MR) is 99.8 cm³/mol. The standard InChI is InChI=1S/C16H22N4O3S2/c1-11(21)14-9-13-15(24-14)16(18-10-17-13)20-7-4-12(5-8-20)3-6-19-25(2,22)23/h9-10,12,19H,3-8H2,1-2H3. The molecule has 2 aromatic heterocycles. The first-order valence-electron chi connectivity index (χ1n) is 8.28. The summed E-state index contributed by atoms with van der Waals surface area (Å²) in [5.41, 5.74) is 0.819. The Balaban J connectivity index is 1.65. The van der Waals surface area contributed by atoms with Gasteiger partial charge in [-0.15, -0.1) is 11.3 Å². The number of nitrogens with zero attached hydrogens (tertiary/aromatic N) is 3. The van der Waals surface area contributed by atoms with Crippen molar-refractivity contribution in [3.63, 3.8) is 0 Å². The van der Waals surface area contributed by atoms with Crippen LogP contribution in [0.1, 0.15) is 35.9 Å². The van der Waals surface area contributed by atoms with Gasteiger partial charge < -0.3 is 4.90 Å². The van der Waals surface area contributed by atoms with Gasteiger partial charge in [0.25, 0.3) is 0 Å². The predicted octanol–water partition coefficient (Wildman–Crippen LogP) is 2.05. The van der Waals surface area contributed by atoms with Crippen LogP contribution in [-0.2, 0) is 10.0 Å². The topological polar surface area (TPSA) is 92.3 Å². The molecule has 0 bridgehead atoms. The van der Waals surface area contributed by atoms with Crippen LogP contribution < -0.4 is 9.62 Å². The van der Waals surface area contributed by atoms with Crippen molar-refractivity contribution in [3.05, 3.63) is 17.3 Å². The van der Waals surface area contributed by atoms with Crippen molar-refractivity contribution in [3.8, 4) is 0 Å². The van der Waals surface area contributed by atoms with E-state index < -0.39 is 10.0 Å². The second-order valence-electron chi connectivity index (χ2n) is 6.46. The van der Waals surface area contributed by atoms with Gasteiger partial charge in [0.2, 0.25) is 10.0 Å². The van der Waals surface area contributed by atoms with Gasteiger partial charge in [-0.3, -0.25) is 4.79 Å². The number of anilines is 1. The number of ketones is 1. The Morgan fingerprint density at radius 1 is 1.36 bits per heavy atom. The number of piperidine rings is 1. The number of sulfonamides is 1. The maximum Gasteiger partial charge on any atom is 0.208 e. The molecule has 0 unspecified atom stereocenters. The Kier molecular flexibility index (Phi) is 5.35. The van der Waals surface area contributed by atoms with E-state index in [1.807, 2.05) is 6.07 Å². The molecular weight excluding hydrogens is 360 g/mol. The summed E-state index contributed by atoms with van der Waals surface area (Å²) in [4.78, 5) is 23.3. The fourth-order valence-corrected chi connectivity index (χ4v) is 4.63. The molecule has 1 fully saturated rings. The summed E-state index contributed by atoms with van der Waals surface area (Å²) in [6.07, 6.45) is 5.60. The Morgan fingerprint density at radius 3 is 2.72 bits per heavy atom. The van der Waals surface area contributed by atoms with Gasteiger partial charge in [0.1, 0.15) is 12.1 Å². The molecule has 136 valence electrons. The number of carbonyl (C=O) groups is 1. The maximum absolute atomic E-state index is 11.6. The van der Waals surface area contributed by atoms with Crippen LogP contribution in [0.2, 0.25) is 0 Å². The van der Waals surface area contributed by atoms with Crippen molar-refractivity contribution in [2.75, 3.05) is 30.8 Å². The summed E-state index contributed by atoms with van der Waals surface area (Å²) in [5.74, 6) is 1.46. The highest BCUT2D eigenvalue weighted by atomic mass is 32.2. The molecule has 2 aromatic rings. The first-order chi connectivity index (χ1) is 11.8. The molecule has 0 spiro atoms. The molecule has 1 N–H and O–H groups in total. The molecule has 7 nitrogen and oxygen atoms in total. The van der Waals surface area contributed by atoms with Gasteiger partial charge in [-0.2, -0.15) is 0 Å². The summed E-state index contributed by atoms with van der Waals surface area (Å²) in [6, 6.07) is 1.83. The smallest absolute Gasteiger partial charge is 0.208 e. The third-order valence-electron chi connectivity index (χ3n) is 4.47. The van der Waals surface area contributed by atoms with Crippen molar-refractivity contribution in [1.82, 2.24) is 14.7 Å². The number of thiophene rings is 1. The lowest BCUT2D eigenvalue weighted by Gasteiger charge is -2.33. The Bertz CT molecular complexity index is 871. The number of Topliss-reactive ketones (excluding diaryl/α,β-unsaturated/α-hetero) is 1. The molecule has 25 heavy (non-hydrogen) atoms. The average molecular weight is 383 g/mol. The Labute approximate surface area is 151 Å². The van der Waals surface area contributed by atoms with Gasteiger partial charge in [-0.1, -0.05) is 0 Å². The summed E-state index contributed by atoms with van der Waals surface area (Å²) < 4.78 is 25.8. The lowest BCUT2D eigenvalue weighted by Crippen LogP contribution is -2.35. The second kappa shape index (κ2) is 7.35. The number of fused-ring (bicyclic) bond motifs is 1. The van der Waals surface area contributed by atoms with Gasteiger partial charge in [0, 0.05) is 19.6 Å². The normalized spacial score (nSPS) is 16.5. The van der Waals surface area contributed by atoms with Gasteiger partial charge in [-0.25, -0.2) is 23.1 Å². The number of hydrogen-bond donors (Lipinski definition) is 1. The van der Waals surface area contributed by atoms with Gasteiger partial charge >= 0.3 is 0 Å². The molecule has 1 aliphatic heterocycles. The largest absolute Gasteiger partial charge is 0.355 e. The molecular formula is C16H22N4O3S2. The van der Waals surface area contributed by atoms with Crippen molar-refractivity contribution in [2.45, 2.75) is 26.2 Å². The zero-order chi connectivity index (χ0) is 18.0. The first-order valence-corrected chi connectivity index (χ1v) is 11.0. The van der Waals surface area contributed by atoms with E-state index >= 15 is 0 Å². The molecule has 0 aromatic carbocycles. The Hall–Kier alpha value is -1.58. The van der Waals surface area contributed by atoms with Crippen LogP contribution in [0.15, 0.2) is 12.4 Å². The highest BCUT2D eigenvalue weighted by Gasteiger charge is 2.23. The summed E-state index contributed by atoms with van der Waals surface area (Å²) in [6.45, 7) is 3.81. The van der Waals surface area contributed by atoms with E-state index in [9.17, 15) is 13.2 Å². The van der Waals surface area contributed by atoms with Crippen LogP contribution in [0.5, 0.6) is 0 Å². The van der Waals surface area contributed by atoms with Gasteiger partial charge in [0.05, 0.1) is 21.3 Å². The van der Waals surface area contributed by atoms with Crippen LogP contribution in [0.25, 0.3) is 10.2 Å². The third kappa shape index (κ3) is 4.53. The van der Waals surface area contributed by atoms with E-state index in [1.165, 1.54) is 17.6 Å². The van der Waals surface area contributed by atoms with E-state index in [1.54, 1.807) is 13.3 Å². The van der Waals surface area contributed by atoms with E-state index in [4.69, 9.17) is 0 Å². The van der Waals surface area contributed by atoms with Crippen LogP contribution in [0.4, 0.5) is 5.82 Å². The van der Waals surface area contributed by atoms with Crippen LogP contribution in [-0.4, -0.2) is 50.1 Å². The molecule has 1 aliphatic rings. The minimum atomic E-state index is -3.11. The highest BCUT2D eigenvalue weighted by molar-refractivity contribution is 7.88. The number of rotatable bonds is 6. The Morgan fingerprint density at radius 2 is 2.08 bits per heavy atom. The quantitative estimate of drug-likeness (QED) is 0.769. The minimum absolute atomic E-state index is 0.0473. The average Bonchev–Trinajstić information content (AvgIpc) is 2.99. The van der Waals surface area contributed by atoms with E-state index in [-0.39, 0.29) is 5.78 Å². The van der Waals surface area contributed by atoms with Crippen molar-refractivity contribution in [1.29, 1.82) is 0 Å². The zero-order valence-electron chi connectivity index (χ0n) is 14.4. The molecule has 9 heteroatoms. The van der Waals surface area contributed by atoms with Crippen molar-refractivity contribution in [2.24, 2.45) is 5.92 Å². The third-order valence-corrected chi connectivity index (χ3v) is 6.42. The summed E-state index contributed by atoms with van der Waals surface area (Å²) in [5, 5.41) is 0. The first kappa shape index (κ1) is 18.2. The fraction of sp³-hybridized carbons (Fsp3) is 0.562. The monoisotopic (exact) mass is 382 g/mol. The minimum Gasteiger partial charge on any atom is -0.355 e.